The first kappa shape index (κ1) is 34.9. The highest BCUT2D eigenvalue weighted by molar-refractivity contribution is 6.30. The van der Waals surface area contributed by atoms with E-state index in [0.717, 1.165) is 73.7 Å². The summed E-state index contributed by atoms with van der Waals surface area (Å²) in [4.78, 5) is 25.4. The number of carboxylic acid groups (broad SMARTS) is 1. The molecule has 0 atom stereocenters. The van der Waals surface area contributed by atoms with Crippen molar-refractivity contribution in [3.8, 4) is 23.1 Å². The van der Waals surface area contributed by atoms with E-state index in [-0.39, 0.29) is 0 Å². The molecule has 0 amide bonds. The minimum atomic E-state index is -5.08. The topological polar surface area (TPSA) is 120 Å². The number of aromatic nitrogens is 3. The number of carbonyl (C=O) groups is 1. The maximum absolute atomic E-state index is 10.6. The fourth-order valence-corrected chi connectivity index (χ4v) is 4.84. The molecule has 10 nitrogen and oxygen atoms in total. The van der Waals surface area contributed by atoms with Crippen molar-refractivity contribution in [2.75, 3.05) is 46.1 Å². The summed E-state index contributed by atoms with van der Waals surface area (Å²) < 4.78 is 55.5. The van der Waals surface area contributed by atoms with Crippen LogP contribution >= 0.6 is 11.6 Å². The number of carboxylic acids is 1. The highest BCUT2D eigenvalue weighted by atomic mass is 35.5. The van der Waals surface area contributed by atoms with Crippen LogP contribution in [0.4, 0.5) is 13.2 Å². The van der Waals surface area contributed by atoms with Gasteiger partial charge in [-0.05, 0) is 67.6 Å². The predicted octanol–water partition coefficient (Wildman–Crippen LogP) is 6.67. The van der Waals surface area contributed by atoms with Crippen molar-refractivity contribution >= 4 is 28.8 Å². The first-order valence-electron chi connectivity index (χ1n) is 14.8. The van der Waals surface area contributed by atoms with Gasteiger partial charge in [-0.3, -0.25) is 4.90 Å². The summed E-state index contributed by atoms with van der Waals surface area (Å²) in [5, 5.41) is 7.82. The van der Waals surface area contributed by atoms with E-state index in [1.807, 2.05) is 36.4 Å². The van der Waals surface area contributed by atoms with Crippen molar-refractivity contribution in [1.82, 2.24) is 19.9 Å². The Balaban J connectivity index is 0.000000617. The molecule has 2 aromatic heterocycles. The fourth-order valence-electron chi connectivity index (χ4n) is 4.71. The number of aliphatic carboxylic acids is 1. The minimum Gasteiger partial charge on any atom is -0.493 e. The minimum absolute atomic E-state index is 0.411. The van der Waals surface area contributed by atoms with Crippen molar-refractivity contribution in [2.24, 2.45) is 0 Å². The van der Waals surface area contributed by atoms with E-state index >= 15 is 0 Å². The summed E-state index contributed by atoms with van der Waals surface area (Å²) in [6.07, 6.45) is -2.72. The predicted molar refractivity (Wildman–Crippen MR) is 166 cm³/mol. The molecule has 1 aliphatic heterocycles. The van der Waals surface area contributed by atoms with Crippen molar-refractivity contribution in [2.45, 2.75) is 46.2 Å². The van der Waals surface area contributed by atoms with E-state index in [9.17, 15) is 13.2 Å². The van der Waals surface area contributed by atoms with Crippen molar-refractivity contribution in [1.29, 1.82) is 0 Å². The lowest BCUT2D eigenvalue weighted by atomic mass is 10.1. The summed E-state index contributed by atoms with van der Waals surface area (Å²) in [6, 6.07) is 11.7. The van der Waals surface area contributed by atoms with Crippen LogP contribution in [0.15, 0.2) is 40.8 Å². The lowest BCUT2D eigenvalue weighted by molar-refractivity contribution is -0.192. The summed E-state index contributed by atoms with van der Waals surface area (Å²) >= 11 is 6.04. The smallest absolute Gasteiger partial charge is 0.490 e. The Kier molecular flexibility index (Phi) is 12.2. The molecule has 0 aliphatic carbocycles. The molecule has 1 aliphatic rings. The Morgan fingerprint density at radius 2 is 1.67 bits per heavy atom. The quantitative estimate of drug-likeness (QED) is 0.174. The van der Waals surface area contributed by atoms with Crippen LogP contribution in [0, 0.1) is 13.8 Å². The number of hydrogen-bond acceptors (Lipinski definition) is 9. The summed E-state index contributed by atoms with van der Waals surface area (Å²) in [7, 11) is 0. The third-order valence-corrected chi connectivity index (χ3v) is 7.16. The number of morpholine rings is 1. The lowest BCUT2D eigenvalue weighted by Crippen LogP contribution is -2.37. The number of alkyl halides is 3. The Bertz CT molecular complexity index is 1590. The Labute approximate surface area is 269 Å². The monoisotopic (exact) mass is 664 g/mol. The van der Waals surface area contributed by atoms with Crippen LogP contribution in [-0.4, -0.2) is 83.2 Å². The van der Waals surface area contributed by atoms with E-state index in [0.29, 0.717) is 53.5 Å². The molecule has 1 fully saturated rings. The zero-order chi connectivity index (χ0) is 33.3. The molecule has 1 saturated heterocycles. The van der Waals surface area contributed by atoms with Crippen LogP contribution in [0.3, 0.4) is 0 Å². The zero-order valence-electron chi connectivity index (χ0n) is 25.8. The molecule has 14 heteroatoms. The average molecular weight is 665 g/mol. The second kappa shape index (κ2) is 16.1. The maximum atomic E-state index is 10.6. The number of rotatable bonds is 11. The van der Waals surface area contributed by atoms with Crippen LogP contribution in [-0.2, 0) is 16.0 Å². The van der Waals surface area contributed by atoms with Gasteiger partial charge in [-0.15, -0.1) is 0 Å². The normalized spacial score (nSPS) is 13.7. The molecule has 2 aromatic carbocycles. The van der Waals surface area contributed by atoms with E-state index in [1.54, 1.807) is 0 Å². The van der Waals surface area contributed by atoms with Gasteiger partial charge in [-0.2, -0.15) is 23.1 Å². The first-order chi connectivity index (χ1) is 21.9. The number of halogens is 4. The largest absolute Gasteiger partial charge is 0.493 e. The second-order valence-electron chi connectivity index (χ2n) is 10.7. The molecule has 4 aromatic rings. The van der Waals surface area contributed by atoms with Gasteiger partial charge in [-0.1, -0.05) is 30.7 Å². The second-order valence-corrected chi connectivity index (χ2v) is 11.1. The number of fused-ring (bicyclic) bond motifs is 1. The maximum Gasteiger partial charge on any atom is 0.490 e. The van der Waals surface area contributed by atoms with Crippen LogP contribution in [0.5, 0.6) is 11.6 Å². The molecule has 0 saturated carbocycles. The SMILES string of the molecule is CCCOc1nc(Cc2ccc(Cl)cc2)nc2oc(-c3cc(C)c(OCCCN4CCOCC4)c(C)c3)nc12.O=C(O)C(F)(F)F. The lowest BCUT2D eigenvalue weighted by Gasteiger charge is -2.26. The standard InChI is InChI=1S/C30H35ClN4O4.C2HF3O2/c1-4-13-38-29-26-30(33-25(32-29)19-22-6-8-24(31)9-7-22)39-28(34-26)23-17-20(2)27(21(3)18-23)37-14-5-10-35-11-15-36-16-12-35;3-2(4,5)1(6)7/h6-9,17-18H,4-5,10-16,19H2,1-3H3;(H,6,7). The molecule has 1 N–H and O–H groups in total. The number of hydrogen-bond donors (Lipinski definition) is 1. The highest BCUT2D eigenvalue weighted by Gasteiger charge is 2.38. The number of benzene rings is 2. The third kappa shape index (κ3) is 9.78. The van der Waals surface area contributed by atoms with Crippen LogP contribution in [0.1, 0.15) is 42.3 Å². The number of ether oxygens (including phenoxy) is 3. The molecule has 0 unspecified atom stereocenters. The number of nitrogens with zero attached hydrogens (tertiary/aromatic N) is 4. The van der Waals surface area contributed by atoms with E-state index in [1.165, 1.54) is 0 Å². The number of oxazole rings is 1. The van der Waals surface area contributed by atoms with E-state index in [2.05, 4.69) is 35.6 Å². The van der Waals surface area contributed by atoms with Gasteiger partial charge >= 0.3 is 12.1 Å². The molecular weight excluding hydrogens is 629 g/mol. The molecular formula is C32H36ClF3N4O6. The Morgan fingerprint density at radius 1 is 1.02 bits per heavy atom. The summed E-state index contributed by atoms with van der Waals surface area (Å²) in [5.41, 5.74) is 4.92. The number of aryl methyl sites for hydroxylation is 2. The average Bonchev–Trinajstić information content (AvgIpc) is 3.45. The highest BCUT2D eigenvalue weighted by Crippen LogP contribution is 2.33. The molecule has 0 spiro atoms. The van der Waals surface area contributed by atoms with Crippen molar-refractivity contribution in [3.63, 3.8) is 0 Å². The molecule has 46 heavy (non-hydrogen) atoms. The van der Waals surface area contributed by atoms with Crippen LogP contribution in [0.2, 0.25) is 5.02 Å². The summed E-state index contributed by atoms with van der Waals surface area (Å²) in [6.45, 7) is 12.0. The van der Waals surface area contributed by atoms with Crippen molar-refractivity contribution < 1.29 is 41.7 Å². The van der Waals surface area contributed by atoms with E-state index in [4.69, 9.17) is 45.1 Å². The Hall–Kier alpha value is -3.94. The van der Waals surface area contributed by atoms with Gasteiger partial charge in [0.15, 0.2) is 5.52 Å². The zero-order valence-corrected chi connectivity index (χ0v) is 26.6. The third-order valence-electron chi connectivity index (χ3n) is 6.91. The van der Waals surface area contributed by atoms with Gasteiger partial charge < -0.3 is 23.7 Å². The van der Waals surface area contributed by atoms with Gasteiger partial charge in [0.05, 0.1) is 26.4 Å². The van der Waals surface area contributed by atoms with Gasteiger partial charge in [0.1, 0.15) is 11.6 Å². The fraction of sp³-hybridized carbons (Fsp3) is 0.438. The first-order valence-corrected chi connectivity index (χ1v) is 15.2. The van der Waals surface area contributed by atoms with Gasteiger partial charge in [0.2, 0.25) is 11.8 Å². The molecule has 248 valence electrons. The molecule has 3 heterocycles. The molecule has 5 rings (SSSR count). The van der Waals surface area contributed by atoms with Gasteiger partial charge in [0.25, 0.3) is 5.71 Å². The van der Waals surface area contributed by atoms with E-state index < -0.39 is 12.1 Å². The molecule has 0 bridgehead atoms. The van der Waals surface area contributed by atoms with Crippen LogP contribution in [0.25, 0.3) is 22.7 Å². The summed E-state index contributed by atoms with van der Waals surface area (Å²) in [5.74, 6) is -0.322. The molecule has 0 radical (unpaired) electrons. The Morgan fingerprint density at radius 3 is 2.28 bits per heavy atom. The van der Waals surface area contributed by atoms with Crippen molar-refractivity contribution in [3.05, 3.63) is 63.9 Å². The van der Waals surface area contributed by atoms with Crippen LogP contribution < -0.4 is 9.47 Å². The van der Waals surface area contributed by atoms with Gasteiger partial charge in [-0.25, -0.2) is 9.78 Å². The van der Waals surface area contributed by atoms with Gasteiger partial charge in [0, 0.05) is 36.6 Å².